The molecule has 0 bridgehead atoms. The number of aliphatic hydroxyl groups is 1. The zero-order valence-electron chi connectivity index (χ0n) is 18.8. The Morgan fingerprint density at radius 1 is 0.912 bits per heavy atom. The first-order valence-corrected chi connectivity index (χ1v) is 11.1. The highest BCUT2D eigenvalue weighted by Gasteiger charge is 2.60. The van der Waals surface area contributed by atoms with Crippen molar-refractivity contribution < 1.29 is 24.2 Å². The lowest BCUT2D eigenvalue weighted by molar-refractivity contribution is -0.150. The van der Waals surface area contributed by atoms with Gasteiger partial charge in [-0.3, -0.25) is 9.59 Å². The lowest BCUT2D eigenvalue weighted by Gasteiger charge is -2.26. The molecular weight excluding hydrogens is 432 g/mol. The fourth-order valence-corrected chi connectivity index (χ4v) is 4.08. The third-order valence-corrected chi connectivity index (χ3v) is 5.99. The van der Waals surface area contributed by atoms with Crippen molar-refractivity contribution in [1.82, 2.24) is 10.2 Å². The summed E-state index contributed by atoms with van der Waals surface area (Å²) >= 11 is 0. The Hall–Kier alpha value is -3.97. The van der Waals surface area contributed by atoms with Crippen LogP contribution < -0.4 is 5.32 Å². The Bertz CT molecular complexity index is 1150. The second-order valence-electron chi connectivity index (χ2n) is 8.26. The number of ether oxygens (including phenoxy) is 1. The molecule has 0 aliphatic carbocycles. The van der Waals surface area contributed by atoms with Gasteiger partial charge in [0.15, 0.2) is 0 Å². The lowest BCUT2D eigenvalue weighted by atomic mass is 9.91. The number of carbonyl (C=O) groups excluding carboxylic acids is 3. The summed E-state index contributed by atoms with van der Waals surface area (Å²) < 4.78 is 5.56. The highest BCUT2D eigenvalue weighted by Crippen LogP contribution is 2.35. The van der Waals surface area contributed by atoms with Gasteiger partial charge < -0.3 is 15.2 Å². The van der Waals surface area contributed by atoms with E-state index in [0.717, 1.165) is 10.5 Å². The number of hydrogen-bond donors (Lipinski definition) is 2. The number of hydrogen-bond acceptors (Lipinski definition) is 5. The van der Waals surface area contributed by atoms with Crippen LogP contribution in [-0.4, -0.2) is 40.1 Å². The predicted molar refractivity (Wildman–Crippen MR) is 125 cm³/mol. The Morgan fingerprint density at radius 2 is 1.44 bits per heavy atom. The normalized spacial score (nSPS) is 19.4. The number of aliphatic hydroxyl groups excluding tert-OH is 1. The first kappa shape index (κ1) is 23.2. The molecule has 1 heterocycles. The topological polar surface area (TPSA) is 95.9 Å². The van der Waals surface area contributed by atoms with E-state index in [4.69, 9.17) is 4.74 Å². The molecule has 3 aromatic rings. The second-order valence-corrected chi connectivity index (χ2v) is 8.26. The van der Waals surface area contributed by atoms with E-state index >= 15 is 0 Å². The number of nitrogens with one attached hydrogen (secondary N) is 1. The van der Waals surface area contributed by atoms with E-state index in [0.29, 0.717) is 11.1 Å². The van der Waals surface area contributed by atoms with E-state index in [1.54, 1.807) is 67.6 Å². The van der Waals surface area contributed by atoms with Gasteiger partial charge in [0.25, 0.3) is 17.4 Å². The monoisotopic (exact) mass is 458 g/mol. The van der Waals surface area contributed by atoms with Gasteiger partial charge in [-0.2, -0.15) is 0 Å². The average molecular weight is 459 g/mol. The first-order valence-electron chi connectivity index (χ1n) is 11.1. The van der Waals surface area contributed by atoms with Crippen LogP contribution >= 0.6 is 0 Å². The third kappa shape index (κ3) is 4.56. The van der Waals surface area contributed by atoms with Gasteiger partial charge in [-0.05, 0) is 23.6 Å². The highest BCUT2D eigenvalue weighted by molar-refractivity contribution is 6.17. The van der Waals surface area contributed by atoms with Crippen LogP contribution in [0.4, 0.5) is 4.79 Å². The minimum Gasteiger partial charge on any atom is -0.422 e. The lowest BCUT2D eigenvalue weighted by Crippen LogP contribution is -2.55. The summed E-state index contributed by atoms with van der Waals surface area (Å²) in [6, 6.07) is 26.2. The van der Waals surface area contributed by atoms with E-state index in [1.807, 2.05) is 30.3 Å². The molecule has 7 nitrogen and oxygen atoms in total. The van der Waals surface area contributed by atoms with Gasteiger partial charge in [0.2, 0.25) is 0 Å². The second kappa shape index (κ2) is 9.89. The van der Waals surface area contributed by atoms with E-state index in [9.17, 15) is 19.5 Å². The fourth-order valence-electron chi connectivity index (χ4n) is 4.08. The molecule has 7 heteroatoms. The van der Waals surface area contributed by atoms with E-state index in [-0.39, 0.29) is 13.0 Å². The predicted octanol–water partition coefficient (Wildman–Crippen LogP) is 3.56. The summed E-state index contributed by atoms with van der Waals surface area (Å²) in [7, 11) is 0. The summed E-state index contributed by atoms with van der Waals surface area (Å²) in [5.74, 6) is -1.50. The molecule has 3 amide bonds. The van der Waals surface area contributed by atoms with Crippen molar-refractivity contribution >= 4 is 17.9 Å². The number of imide groups is 1. The van der Waals surface area contributed by atoms with Crippen LogP contribution in [0.1, 0.15) is 35.8 Å². The average Bonchev–Trinajstić information content (AvgIpc) is 3.13. The minimum atomic E-state index is -2.07. The first-order chi connectivity index (χ1) is 16.4. The van der Waals surface area contributed by atoms with Crippen molar-refractivity contribution in [2.45, 2.75) is 31.1 Å². The molecular formula is C27H26N2O5. The summed E-state index contributed by atoms with van der Waals surface area (Å²) in [5.41, 5.74) is -0.0495. The van der Waals surface area contributed by atoms with Crippen LogP contribution in [0.25, 0.3) is 0 Å². The van der Waals surface area contributed by atoms with Crippen molar-refractivity contribution in [2.24, 2.45) is 0 Å². The highest BCUT2D eigenvalue weighted by atomic mass is 16.6. The zero-order chi connectivity index (χ0) is 24.1. The number of nitrogens with zero attached hydrogens (tertiary/aromatic N) is 1. The molecule has 1 saturated heterocycles. The molecule has 4 rings (SSSR count). The van der Waals surface area contributed by atoms with Crippen molar-refractivity contribution in [1.29, 1.82) is 0 Å². The molecule has 34 heavy (non-hydrogen) atoms. The van der Waals surface area contributed by atoms with Gasteiger partial charge in [0, 0.05) is 13.0 Å². The molecule has 0 radical (unpaired) electrons. The van der Waals surface area contributed by atoms with Crippen LogP contribution in [-0.2, 0) is 20.7 Å². The molecule has 1 fully saturated rings. The van der Waals surface area contributed by atoms with Gasteiger partial charge in [0.05, 0.1) is 12.1 Å². The number of carbonyl (C=O) groups is 3. The largest absolute Gasteiger partial charge is 0.422 e. The Kier molecular flexibility index (Phi) is 6.75. The molecule has 2 N–H and O–H groups in total. The summed E-state index contributed by atoms with van der Waals surface area (Å²) in [4.78, 5) is 41.0. The van der Waals surface area contributed by atoms with E-state index in [2.05, 4.69) is 5.32 Å². The quantitative estimate of drug-likeness (QED) is 0.503. The molecule has 3 unspecified atom stereocenters. The van der Waals surface area contributed by atoms with Crippen LogP contribution in [0.2, 0.25) is 0 Å². The third-order valence-electron chi connectivity index (χ3n) is 5.99. The standard InChI is InChI=1S/C27H26N2O5/c1-19(21-13-7-3-8-14-21)29-25(32)27(34-26(29)33,17-20-11-5-2-6-12-20)24(31)28-18-23(30)22-15-9-4-10-16-22/h2-16,19,23,30H,17-18H2,1H3,(H,28,31). The zero-order valence-corrected chi connectivity index (χ0v) is 18.8. The van der Waals surface area contributed by atoms with E-state index < -0.39 is 35.7 Å². The molecule has 174 valence electrons. The molecule has 3 atom stereocenters. The van der Waals surface area contributed by atoms with E-state index in [1.165, 1.54) is 0 Å². The van der Waals surface area contributed by atoms with Crippen LogP contribution in [0.5, 0.6) is 0 Å². The van der Waals surface area contributed by atoms with Gasteiger partial charge in [-0.1, -0.05) is 91.0 Å². The smallest absolute Gasteiger partial charge is 0.418 e. The Labute approximate surface area is 198 Å². The maximum Gasteiger partial charge on any atom is 0.418 e. The molecule has 0 saturated carbocycles. The van der Waals surface area contributed by atoms with Crippen molar-refractivity contribution in [3.63, 3.8) is 0 Å². The van der Waals surface area contributed by atoms with Crippen molar-refractivity contribution in [3.05, 3.63) is 108 Å². The van der Waals surface area contributed by atoms with Crippen LogP contribution in [0.15, 0.2) is 91.0 Å². The Morgan fingerprint density at radius 3 is 2.03 bits per heavy atom. The van der Waals surface area contributed by atoms with Gasteiger partial charge in [-0.25, -0.2) is 9.69 Å². The minimum absolute atomic E-state index is 0.121. The van der Waals surface area contributed by atoms with Gasteiger partial charge >= 0.3 is 6.09 Å². The molecule has 1 aliphatic heterocycles. The van der Waals surface area contributed by atoms with Crippen LogP contribution in [0.3, 0.4) is 0 Å². The van der Waals surface area contributed by atoms with Gasteiger partial charge in [0.1, 0.15) is 0 Å². The summed E-state index contributed by atoms with van der Waals surface area (Å²) in [6.45, 7) is 1.57. The number of benzene rings is 3. The molecule has 1 aliphatic rings. The van der Waals surface area contributed by atoms with Gasteiger partial charge in [-0.15, -0.1) is 0 Å². The fraction of sp³-hybridized carbons (Fsp3) is 0.222. The molecule has 0 spiro atoms. The van der Waals surface area contributed by atoms with Crippen molar-refractivity contribution in [2.75, 3.05) is 6.54 Å². The number of amides is 3. The van der Waals surface area contributed by atoms with Crippen molar-refractivity contribution in [3.8, 4) is 0 Å². The SMILES string of the molecule is CC(c1ccccc1)N1C(=O)OC(Cc2ccccc2)(C(=O)NCC(O)c2ccccc2)C1=O. The molecule has 0 aromatic heterocycles. The maximum atomic E-state index is 13.7. The number of rotatable bonds is 8. The maximum absolute atomic E-state index is 13.7. The Balaban J connectivity index is 1.61. The van der Waals surface area contributed by atoms with Crippen LogP contribution in [0, 0.1) is 0 Å². The summed E-state index contributed by atoms with van der Waals surface area (Å²) in [6.07, 6.45) is -1.98. The molecule has 3 aromatic carbocycles. The summed E-state index contributed by atoms with van der Waals surface area (Å²) in [5, 5.41) is 13.1. The number of cyclic esters (lactones) is 1.